The molecule has 28 heavy (non-hydrogen) atoms. The van der Waals surface area contributed by atoms with Crippen molar-refractivity contribution in [3.05, 3.63) is 70.8 Å². The number of aryl methyl sites for hydroxylation is 2. The van der Waals surface area contributed by atoms with Gasteiger partial charge in [-0.15, -0.1) is 0 Å². The van der Waals surface area contributed by atoms with E-state index in [1.54, 1.807) is 11.0 Å². The summed E-state index contributed by atoms with van der Waals surface area (Å²) in [6.45, 7) is 6.25. The monoisotopic (exact) mass is 397 g/mol. The maximum Gasteiger partial charge on any atom is 0.238 e. The topological polar surface area (TPSA) is 63.1 Å². The van der Waals surface area contributed by atoms with E-state index in [0.29, 0.717) is 10.7 Å². The number of halogens is 1. The summed E-state index contributed by atoms with van der Waals surface area (Å²) in [6, 6.07) is 12.0. The number of anilines is 1. The van der Waals surface area contributed by atoms with Crippen molar-refractivity contribution in [2.24, 2.45) is 0 Å². The van der Waals surface area contributed by atoms with Gasteiger partial charge in [0.05, 0.1) is 22.9 Å². The fourth-order valence-electron chi connectivity index (χ4n) is 3.12. The summed E-state index contributed by atoms with van der Waals surface area (Å²) in [5, 5.41) is 7.63. The molecule has 0 fully saturated rings. The van der Waals surface area contributed by atoms with Gasteiger partial charge in [-0.05, 0) is 62.7 Å². The number of hydrogen-bond donors (Lipinski definition) is 1. The van der Waals surface area contributed by atoms with E-state index in [-0.39, 0.29) is 18.5 Å². The van der Waals surface area contributed by atoms with Gasteiger partial charge < -0.3 is 5.32 Å². The lowest BCUT2D eigenvalue weighted by Gasteiger charge is -2.25. The molecular weight excluding hydrogens is 374 g/mol. The fourth-order valence-corrected chi connectivity index (χ4v) is 3.49. The molecule has 3 aromatic rings. The van der Waals surface area contributed by atoms with Gasteiger partial charge in [0.15, 0.2) is 0 Å². The summed E-state index contributed by atoms with van der Waals surface area (Å²) >= 11 is 6.29. The molecule has 0 saturated heterocycles. The van der Waals surface area contributed by atoms with E-state index in [1.165, 1.54) is 6.33 Å². The first-order valence-corrected chi connectivity index (χ1v) is 9.44. The van der Waals surface area contributed by atoms with Gasteiger partial charge in [0.2, 0.25) is 5.91 Å². The van der Waals surface area contributed by atoms with Crippen molar-refractivity contribution < 1.29 is 4.79 Å². The van der Waals surface area contributed by atoms with E-state index < -0.39 is 0 Å². The van der Waals surface area contributed by atoms with Crippen LogP contribution in [0.5, 0.6) is 0 Å². The Balaban J connectivity index is 1.64. The van der Waals surface area contributed by atoms with Crippen LogP contribution in [0.2, 0.25) is 5.02 Å². The number of likely N-dealkylation sites (N-methyl/N-ethyl adjacent to an activating group) is 1. The smallest absolute Gasteiger partial charge is 0.238 e. The van der Waals surface area contributed by atoms with Crippen LogP contribution >= 0.6 is 11.6 Å². The van der Waals surface area contributed by atoms with Crippen LogP contribution in [-0.4, -0.2) is 39.2 Å². The third-order valence-electron chi connectivity index (χ3n) is 4.81. The van der Waals surface area contributed by atoms with Crippen LogP contribution in [0.25, 0.3) is 5.69 Å². The molecule has 1 atom stereocenters. The molecule has 0 radical (unpaired) electrons. The predicted octanol–water partition coefficient (Wildman–Crippen LogP) is 4.17. The summed E-state index contributed by atoms with van der Waals surface area (Å²) < 4.78 is 1.71. The Bertz CT molecular complexity index is 930. The maximum atomic E-state index is 12.5. The second kappa shape index (κ2) is 8.54. The van der Waals surface area contributed by atoms with Crippen molar-refractivity contribution in [3.63, 3.8) is 0 Å². The van der Waals surface area contributed by atoms with E-state index in [4.69, 9.17) is 11.6 Å². The first-order valence-electron chi connectivity index (χ1n) is 9.07. The minimum absolute atomic E-state index is 0.0742. The molecule has 1 aromatic heterocycles. The van der Waals surface area contributed by atoms with Crippen LogP contribution in [0.3, 0.4) is 0 Å². The molecule has 0 aliphatic carbocycles. The Morgan fingerprint density at radius 3 is 2.57 bits per heavy atom. The van der Waals surface area contributed by atoms with Crippen molar-refractivity contribution in [2.45, 2.75) is 26.8 Å². The van der Waals surface area contributed by atoms with Crippen LogP contribution in [-0.2, 0) is 4.79 Å². The highest BCUT2D eigenvalue weighted by atomic mass is 35.5. The van der Waals surface area contributed by atoms with Gasteiger partial charge in [0.1, 0.15) is 12.7 Å². The van der Waals surface area contributed by atoms with Gasteiger partial charge >= 0.3 is 0 Å². The third kappa shape index (κ3) is 4.58. The first kappa shape index (κ1) is 20.0. The van der Waals surface area contributed by atoms with Crippen LogP contribution < -0.4 is 5.32 Å². The molecule has 1 heterocycles. The normalized spacial score (nSPS) is 12.2. The highest BCUT2D eigenvalue weighted by molar-refractivity contribution is 6.34. The van der Waals surface area contributed by atoms with Gasteiger partial charge in [-0.3, -0.25) is 9.69 Å². The molecule has 1 N–H and O–H groups in total. The zero-order valence-electron chi connectivity index (χ0n) is 16.5. The Kier molecular flexibility index (Phi) is 6.11. The summed E-state index contributed by atoms with van der Waals surface area (Å²) in [7, 11) is 1.93. The van der Waals surface area contributed by atoms with Gasteiger partial charge in [-0.25, -0.2) is 9.67 Å². The molecule has 1 unspecified atom stereocenters. The van der Waals surface area contributed by atoms with Gasteiger partial charge in [-0.2, -0.15) is 5.10 Å². The summed E-state index contributed by atoms with van der Waals surface area (Å²) in [5.41, 5.74) is 4.76. The summed E-state index contributed by atoms with van der Waals surface area (Å²) in [6.07, 6.45) is 3.16. The minimum Gasteiger partial charge on any atom is -0.323 e. The van der Waals surface area contributed by atoms with Crippen molar-refractivity contribution >= 4 is 23.2 Å². The van der Waals surface area contributed by atoms with Crippen LogP contribution in [0.4, 0.5) is 5.69 Å². The number of rotatable bonds is 6. The van der Waals surface area contributed by atoms with Crippen molar-refractivity contribution in [1.82, 2.24) is 19.7 Å². The Hall–Kier alpha value is -2.70. The molecule has 0 saturated carbocycles. The summed E-state index contributed by atoms with van der Waals surface area (Å²) in [4.78, 5) is 18.5. The molecule has 1 amide bonds. The molecule has 0 aliphatic rings. The predicted molar refractivity (Wildman–Crippen MR) is 112 cm³/mol. The fraction of sp³-hybridized carbons (Fsp3) is 0.286. The molecule has 3 rings (SSSR count). The van der Waals surface area contributed by atoms with Gasteiger partial charge in [-0.1, -0.05) is 29.8 Å². The maximum absolute atomic E-state index is 12.5. The molecule has 0 aliphatic heterocycles. The van der Waals surface area contributed by atoms with Gasteiger partial charge in [0.25, 0.3) is 0 Å². The van der Waals surface area contributed by atoms with E-state index in [0.717, 1.165) is 22.4 Å². The minimum atomic E-state index is -0.0950. The van der Waals surface area contributed by atoms with Crippen molar-refractivity contribution in [1.29, 1.82) is 0 Å². The van der Waals surface area contributed by atoms with Crippen molar-refractivity contribution in [2.75, 3.05) is 18.9 Å². The molecule has 146 valence electrons. The van der Waals surface area contributed by atoms with E-state index in [1.807, 2.05) is 62.2 Å². The Morgan fingerprint density at radius 2 is 1.96 bits per heavy atom. The van der Waals surface area contributed by atoms with Crippen LogP contribution in [0.15, 0.2) is 49.1 Å². The lowest BCUT2D eigenvalue weighted by atomic mass is 10.1. The zero-order valence-corrected chi connectivity index (χ0v) is 17.2. The van der Waals surface area contributed by atoms with E-state index in [9.17, 15) is 4.79 Å². The van der Waals surface area contributed by atoms with E-state index in [2.05, 4.69) is 22.3 Å². The average Bonchev–Trinajstić information content (AvgIpc) is 3.19. The number of amides is 1. The lowest BCUT2D eigenvalue weighted by Crippen LogP contribution is -2.32. The van der Waals surface area contributed by atoms with Crippen LogP contribution in [0.1, 0.15) is 29.7 Å². The van der Waals surface area contributed by atoms with Gasteiger partial charge in [0, 0.05) is 6.04 Å². The number of nitrogens with one attached hydrogen (secondary N) is 1. The zero-order chi connectivity index (χ0) is 20.3. The number of aromatic nitrogens is 3. The largest absolute Gasteiger partial charge is 0.323 e. The Labute approximate surface area is 170 Å². The summed E-state index contributed by atoms with van der Waals surface area (Å²) in [5.74, 6) is -0.0950. The highest BCUT2D eigenvalue weighted by Gasteiger charge is 2.17. The number of hydrogen-bond acceptors (Lipinski definition) is 4. The molecule has 0 bridgehead atoms. The number of nitrogens with zero attached hydrogens (tertiary/aromatic N) is 4. The van der Waals surface area contributed by atoms with Crippen LogP contribution in [0, 0.1) is 13.8 Å². The highest BCUT2D eigenvalue weighted by Crippen LogP contribution is 2.27. The molecule has 2 aromatic carbocycles. The SMILES string of the molecule is Cc1cc(C)c(NC(=O)CN(C)C(C)c2ccc(-n3cncn3)cc2)c(Cl)c1. The number of carbonyl (C=O) groups excluding carboxylic acids is 1. The van der Waals surface area contributed by atoms with Crippen molar-refractivity contribution in [3.8, 4) is 5.69 Å². The Morgan fingerprint density at radius 1 is 1.25 bits per heavy atom. The first-order chi connectivity index (χ1) is 13.3. The quantitative estimate of drug-likeness (QED) is 0.678. The molecule has 7 heteroatoms. The standard InChI is InChI=1S/C21H24ClN5O/c1-14-9-15(2)21(19(22)10-14)25-20(28)11-26(4)16(3)17-5-7-18(8-6-17)27-13-23-12-24-27/h5-10,12-13,16H,11H2,1-4H3,(H,25,28). The number of carbonyl (C=O) groups is 1. The molecule has 0 spiro atoms. The second-order valence-corrected chi connectivity index (χ2v) is 7.42. The third-order valence-corrected chi connectivity index (χ3v) is 5.11. The van der Waals surface area contributed by atoms with E-state index >= 15 is 0 Å². The average molecular weight is 398 g/mol. The molecular formula is C21H24ClN5O. The molecule has 6 nitrogen and oxygen atoms in total. The number of benzene rings is 2. The second-order valence-electron chi connectivity index (χ2n) is 7.01. The lowest BCUT2D eigenvalue weighted by molar-refractivity contribution is -0.117.